The summed E-state index contributed by atoms with van der Waals surface area (Å²) in [6.07, 6.45) is 3.41. The number of nitrogen functional groups attached to an aromatic ring is 1. The van der Waals surface area contributed by atoms with Crippen molar-refractivity contribution in [2.75, 3.05) is 7.05 Å². The van der Waals surface area contributed by atoms with Crippen LogP contribution in [0.5, 0.6) is 0 Å². The molecular formula is C14H17N3O2. The van der Waals surface area contributed by atoms with Crippen molar-refractivity contribution in [3.8, 4) is 0 Å². The molecule has 0 fully saturated rings. The van der Waals surface area contributed by atoms with Gasteiger partial charge in [-0.1, -0.05) is 12.1 Å². The largest absolute Gasteiger partial charge is 0.472 e. The number of rotatable bonds is 5. The van der Waals surface area contributed by atoms with Gasteiger partial charge in [-0.25, -0.2) is 5.84 Å². The number of carbonyl (C=O) groups excluding carboxylic acids is 1. The monoisotopic (exact) mass is 259 g/mol. The molecule has 2 aromatic rings. The lowest BCUT2D eigenvalue weighted by atomic mass is 10.1. The summed E-state index contributed by atoms with van der Waals surface area (Å²) in [7, 11) is 2.04. The average Bonchev–Trinajstić information content (AvgIpc) is 2.91. The number of hydrazine groups is 1. The molecule has 19 heavy (non-hydrogen) atoms. The molecule has 0 aliphatic heterocycles. The number of furan rings is 1. The Kier molecular flexibility index (Phi) is 4.33. The summed E-state index contributed by atoms with van der Waals surface area (Å²) in [4.78, 5) is 13.5. The third-order valence-electron chi connectivity index (χ3n) is 2.83. The van der Waals surface area contributed by atoms with Gasteiger partial charge in [-0.15, -0.1) is 0 Å². The highest BCUT2D eigenvalue weighted by Crippen LogP contribution is 2.10. The van der Waals surface area contributed by atoms with Gasteiger partial charge in [0.2, 0.25) is 0 Å². The maximum absolute atomic E-state index is 11.3. The molecule has 0 unspecified atom stereocenters. The maximum atomic E-state index is 11.3. The fraction of sp³-hybridized carbons (Fsp3) is 0.214. The molecule has 0 radical (unpaired) electrons. The quantitative estimate of drug-likeness (QED) is 0.485. The average molecular weight is 259 g/mol. The number of benzene rings is 1. The SMILES string of the molecule is CN(Cc1ccc(C(=O)NN)cc1)Cc1ccoc1. The van der Waals surface area contributed by atoms with E-state index < -0.39 is 0 Å². The predicted octanol–water partition coefficient (Wildman–Crippen LogP) is 1.52. The fourth-order valence-electron chi connectivity index (χ4n) is 1.91. The summed E-state index contributed by atoms with van der Waals surface area (Å²) in [5.74, 6) is 4.80. The molecule has 0 atom stereocenters. The van der Waals surface area contributed by atoms with E-state index in [1.165, 1.54) is 0 Å². The molecule has 2 rings (SSSR count). The van der Waals surface area contributed by atoms with Crippen LogP contribution in [0.2, 0.25) is 0 Å². The minimum atomic E-state index is -0.279. The Bertz CT molecular complexity index is 520. The maximum Gasteiger partial charge on any atom is 0.265 e. The van der Waals surface area contributed by atoms with E-state index in [-0.39, 0.29) is 5.91 Å². The van der Waals surface area contributed by atoms with E-state index in [0.29, 0.717) is 5.56 Å². The zero-order valence-electron chi connectivity index (χ0n) is 10.8. The molecule has 0 bridgehead atoms. The molecule has 0 saturated carbocycles. The van der Waals surface area contributed by atoms with Crippen molar-refractivity contribution in [1.82, 2.24) is 10.3 Å². The van der Waals surface area contributed by atoms with Gasteiger partial charge in [0, 0.05) is 24.2 Å². The molecular weight excluding hydrogens is 242 g/mol. The van der Waals surface area contributed by atoms with Crippen molar-refractivity contribution in [2.45, 2.75) is 13.1 Å². The van der Waals surface area contributed by atoms with E-state index in [0.717, 1.165) is 24.2 Å². The third-order valence-corrected chi connectivity index (χ3v) is 2.83. The van der Waals surface area contributed by atoms with Gasteiger partial charge in [0.05, 0.1) is 12.5 Å². The van der Waals surface area contributed by atoms with Gasteiger partial charge in [0.25, 0.3) is 5.91 Å². The van der Waals surface area contributed by atoms with Crippen LogP contribution in [0.1, 0.15) is 21.5 Å². The van der Waals surface area contributed by atoms with Crippen LogP contribution in [0.4, 0.5) is 0 Å². The lowest BCUT2D eigenvalue weighted by Crippen LogP contribution is -2.29. The number of nitrogens with two attached hydrogens (primary N) is 1. The van der Waals surface area contributed by atoms with Crippen molar-refractivity contribution in [3.63, 3.8) is 0 Å². The Morgan fingerprint density at radius 2 is 1.89 bits per heavy atom. The molecule has 5 heteroatoms. The topological polar surface area (TPSA) is 71.5 Å². The number of hydrogen-bond acceptors (Lipinski definition) is 4. The molecule has 1 aromatic heterocycles. The van der Waals surface area contributed by atoms with E-state index in [2.05, 4.69) is 10.3 Å². The van der Waals surface area contributed by atoms with Gasteiger partial charge < -0.3 is 4.42 Å². The summed E-state index contributed by atoms with van der Waals surface area (Å²) in [6.45, 7) is 1.62. The summed E-state index contributed by atoms with van der Waals surface area (Å²) in [6, 6.07) is 9.34. The van der Waals surface area contributed by atoms with Gasteiger partial charge in [-0.3, -0.25) is 15.1 Å². The molecule has 100 valence electrons. The molecule has 1 aromatic carbocycles. The molecule has 3 N–H and O–H groups in total. The standard InChI is InChI=1S/C14H17N3O2/c1-17(9-12-6-7-19-10-12)8-11-2-4-13(5-3-11)14(18)16-15/h2-7,10H,8-9,15H2,1H3,(H,16,18). The Labute approximate surface area is 112 Å². The van der Waals surface area contributed by atoms with Crippen LogP contribution in [-0.4, -0.2) is 17.9 Å². The molecule has 0 saturated heterocycles. The van der Waals surface area contributed by atoms with Gasteiger partial charge >= 0.3 is 0 Å². The summed E-state index contributed by atoms with van der Waals surface area (Å²) in [5, 5.41) is 0. The number of hydrogen-bond donors (Lipinski definition) is 2. The van der Waals surface area contributed by atoms with E-state index in [1.807, 2.05) is 25.2 Å². The second-order valence-electron chi connectivity index (χ2n) is 4.47. The van der Waals surface area contributed by atoms with E-state index in [1.54, 1.807) is 24.7 Å². The summed E-state index contributed by atoms with van der Waals surface area (Å²) in [5.41, 5.74) is 4.95. The first-order chi connectivity index (χ1) is 9.19. The first-order valence-corrected chi connectivity index (χ1v) is 5.98. The second-order valence-corrected chi connectivity index (χ2v) is 4.47. The first kappa shape index (κ1) is 13.3. The van der Waals surface area contributed by atoms with Crippen LogP contribution in [0.25, 0.3) is 0 Å². The molecule has 0 aliphatic rings. The Morgan fingerprint density at radius 3 is 2.47 bits per heavy atom. The predicted molar refractivity (Wildman–Crippen MR) is 72.0 cm³/mol. The lowest BCUT2D eigenvalue weighted by Gasteiger charge is -2.15. The van der Waals surface area contributed by atoms with Gasteiger partial charge in [-0.05, 0) is 30.8 Å². The van der Waals surface area contributed by atoms with Gasteiger partial charge in [0.1, 0.15) is 0 Å². The Balaban J connectivity index is 1.93. The van der Waals surface area contributed by atoms with Crippen LogP contribution in [0.3, 0.4) is 0 Å². The van der Waals surface area contributed by atoms with E-state index >= 15 is 0 Å². The van der Waals surface area contributed by atoms with Gasteiger partial charge in [0.15, 0.2) is 0 Å². The zero-order chi connectivity index (χ0) is 13.7. The van der Waals surface area contributed by atoms with E-state index in [4.69, 9.17) is 10.3 Å². The van der Waals surface area contributed by atoms with Crippen molar-refractivity contribution < 1.29 is 9.21 Å². The highest BCUT2D eigenvalue weighted by molar-refractivity contribution is 5.93. The summed E-state index contributed by atoms with van der Waals surface area (Å²) >= 11 is 0. The number of nitrogens with zero attached hydrogens (tertiary/aromatic N) is 1. The van der Waals surface area contributed by atoms with Crippen molar-refractivity contribution in [3.05, 3.63) is 59.5 Å². The Morgan fingerprint density at radius 1 is 1.21 bits per heavy atom. The normalized spacial score (nSPS) is 10.7. The lowest BCUT2D eigenvalue weighted by molar-refractivity contribution is 0.0953. The van der Waals surface area contributed by atoms with Crippen LogP contribution in [0.15, 0.2) is 47.3 Å². The van der Waals surface area contributed by atoms with Crippen LogP contribution < -0.4 is 11.3 Å². The molecule has 0 aliphatic carbocycles. The molecule has 0 spiro atoms. The molecule has 5 nitrogen and oxygen atoms in total. The first-order valence-electron chi connectivity index (χ1n) is 5.98. The highest BCUT2D eigenvalue weighted by atomic mass is 16.3. The van der Waals surface area contributed by atoms with Gasteiger partial charge in [-0.2, -0.15) is 0 Å². The zero-order valence-corrected chi connectivity index (χ0v) is 10.8. The minimum Gasteiger partial charge on any atom is -0.472 e. The minimum absolute atomic E-state index is 0.279. The van der Waals surface area contributed by atoms with Crippen LogP contribution in [0, 0.1) is 0 Å². The number of nitrogens with one attached hydrogen (secondary N) is 1. The fourth-order valence-corrected chi connectivity index (χ4v) is 1.91. The van der Waals surface area contributed by atoms with E-state index in [9.17, 15) is 4.79 Å². The third kappa shape index (κ3) is 3.67. The second kappa shape index (κ2) is 6.17. The van der Waals surface area contributed by atoms with Crippen LogP contribution in [-0.2, 0) is 13.1 Å². The number of amides is 1. The molecule has 1 heterocycles. The van der Waals surface area contributed by atoms with Crippen molar-refractivity contribution >= 4 is 5.91 Å². The van der Waals surface area contributed by atoms with Crippen molar-refractivity contribution in [1.29, 1.82) is 0 Å². The number of carbonyl (C=O) groups is 1. The molecule has 1 amide bonds. The van der Waals surface area contributed by atoms with Crippen molar-refractivity contribution in [2.24, 2.45) is 5.84 Å². The smallest absolute Gasteiger partial charge is 0.265 e. The Hall–Kier alpha value is -2.11. The highest BCUT2D eigenvalue weighted by Gasteiger charge is 2.05. The van der Waals surface area contributed by atoms with Crippen LogP contribution >= 0.6 is 0 Å². The summed E-state index contributed by atoms with van der Waals surface area (Å²) < 4.78 is 5.04.